The van der Waals surface area contributed by atoms with Gasteiger partial charge in [0.2, 0.25) is 0 Å². The molecule has 6 nitrogen and oxygen atoms in total. The number of ether oxygens (including phenoxy) is 2. The van der Waals surface area contributed by atoms with E-state index in [-0.39, 0.29) is 6.10 Å². The molecule has 4 rings (SSSR count). The highest BCUT2D eigenvalue weighted by Crippen LogP contribution is 2.42. The second-order valence-electron chi connectivity index (χ2n) is 10.1. The molecule has 2 aromatic carbocycles. The molecule has 6 heteroatoms. The zero-order valence-corrected chi connectivity index (χ0v) is 21.0. The second-order valence-corrected chi connectivity index (χ2v) is 10.1. The number of anilines is 2. The van der Waals surface area contributed by atoms with Crippen molar-refractivity contribution in [2.24, 2.45) is 0 Å². The lowest BCUT2D eigenvalue weighted by atomic mass is 9.82. The molecule has 1 aromatic heterocycles. The van der Waals surface area contributed by atoms with Crippen LogP contribution < -0.4 is 14.4 Å². The average Bonchev–Trinajstić information content (AvgIpc) is 3.35. The van der Waals surface area contributed by atoms with E-state index in [1.165, 1.54) is 12.8 Å². The van der Waals surface area contributed by atoms with Crippen molar-refractivity contribution < 1.29 is 19.4 Å². The van der Waals surface area contributed by atoms with Gasteiger partial charge in [-0.3, -0.25) is 4.98 Å². The van der Waals surface area contributed by atoms with Crippen molar-refractivity contribution in [1.29, 1.82) is 0 Å². The molecular weight excluding hydrogens is 440 g/mol. The summed E-state index contributed by atoms with van der Waals surface area (Å²) in [4.78, 5) is 18.6. The Morgan fingerprint density at radius 2 is 1.86 bits per heavy atom. The summed E-state index contributed by atoms with van der Waals surface area (Å²) in [5.74, 6) is 0.468. The van der Waals surface area contributed by atoms with Crippen LogP contribution in [0, 0.1) is 0 Å². The topological polar surface area (TPSA) is 71.9 Å². The molecule has 35 heavy (non-hydrogen) atoms. The smallest absolute Gasteiger partial charge is 0.336 e. The van der Waals surface area contributed by atoms with Gasteiger partial charge in [0, 0.05) is 36.4 Å². The minimum Gasteiger partial charge on any atom is -0.493 e. The van der Waals surface area contributed by atoms with Crippen molar-refractivity contribution in [2.45, 2.75) is 64.5 Å². The van der Waals surface area contributed by atoms with E-state index in [1.54, 1.807) is 19.4 Å². The predicted molar refractivity (Wildman–Crippen MR) is 138 cm³/mol. The number of carboxylic acid groups (broad SMARTS) is 1. The number of carboxylic acids is 1. The van der Waals surface area contributed by atoms with Crippen molar-refractivity contribution in [1.82, 2.24) is 4.98 Å². The summed E-state index contributed by atoms with van der Waals surface area (Å²) in [6, 6.07) is 15.3. The summed E-state index contributed by atoms with van der Waals surface area (Å²) < 4.78 is 12.0. The van der Waals surface area contributed by atoms with Crippen LogP contribution in [0.25, 0.3) is 0 Å². The molecule has 0 bridgehead atoms. The van der Waals surface area contributed by atoms with E-state index < -0.39 is 11.4 Å². The lowest BCUT2D eigenvalue weighted by Crippen LogP contribution is -2.25. The minimum absolute atomic E-state index is 0.186. The molecule has 0 saturated heterocycles. The molecule has 0 radical (unpaired) electrons. The number of aromatic nitrogens is 1. The molecule has 3 aromatic rings. The highest BCUT2D eigenvalue weighted by Gasteiger charge is 2.29. The normalized spacial score (nSPS) is 14.1. The van der Waals surface area contributed by atoms with Crippen LogP contribution in [0.3, 0.4) is 0 Å². The summed E-state index contributed by atoms with van der Waals surface area (Å²) in [7, 11) is 1.65. The maximum absolute atomic E-state index is 12.2. The van der Waals surface area contributed by atoms with Gasteiger partial charge in [-0.15, -0.1) is 0 Å². The number of benzene rings is 2. The van der Waals surface area contributed by atoms with Gasteiger partial charge in [-0.2, -0.15) is 0 Å². The summed E-state index contributed by atoms with van der Waals surface area (Å²) in [5, 5.41) is 10.0. The summed E-state index contributed by atoms with van der Waals surface area (Å²) in [6.45, 7) is 6.66. The Balaban J connectivity index is 1.87. The Bertz CT molecular complexity index is 1170. The van der Waals surface area contributed by atoms with Gasteiger partial charge < -0.3 is 19.5 Å². The van der Waals surface area contributed by atoms with E-state index in [0.717, 1.165) is 35.3 Å². The third-order valence-corrected chi connectivity index (χ3v) is 6.43. The first-order valence-electron chi connectivity index (χ1n) is 12.2. The quantitative estimate of drug-likeness (QED) is 0.389. The highest BCUT2D eigenvalue weighted by molar-refractivity contribution is 5.92. The standard InChI is InChI=1S/C29H34N2O4/c1-29(2,3)27-23(28(32)33)12-7-13-24(27)31(19-20-9-8-16-30-18-20)21-14-15-25(34-4)26(17-21)35-22-10-5-6-11-22/h7-9,12-18,22H,5-6,10-11,19H2,1-4H3,(H,32,33). The van der Waals surface area contributed by atoms with Gasteiger partial charge in [-0.1, -0.05) is 32.9 Å². The van der Waals surface area contributed by atoms with Crippen LogP contribution in [0.2, 0.25) is 0 Å². The molecule has 0 aliphatic heterocycles. The van der Waals surface area contributed by atoms with Crippen molar-refractivity contribution in [3.8, 4) is 11.5 Å². The summed E-state index contributed by atoms with van der Waals surface area (Å²) >= 11 is 0. The Morgan fingerprint density at radius 3 is 2.49 bits per heavy atom. The second kappa shape index (κ2) is 10.4. The molecule has 0 atom stereocenters. The van der Waals surface area contributed by atoms with Gasteiger partial charge in [-0.05, 0) is 72.6 Å². The third kappa shape index (κ3) is 5.59. The SMILES string of the molecule is COc1ccc(N(Cc2cccnc2)c2cccc(C(=O)O)c2C(C)(C)C)cc1OC1CCCC1. The maximum atomic E-state index is 12.2. The first-order valence-corrected chi connectivity index (χ1v) is 12.2. The van der Waals surface area contributed by atoms with E-state index in [0.29, 0.717) is 23.6 Å². The molecule has 0 amide bonds. The average molecular weight is 475 g/mol. The van der Waals surface area contributed by atoms with Gasteiger partial charge in [0.05, 0.1) is 18.8 Å². The van der Waals surface area contributed by atoms with E-state index in [2.05, 4.69) is 9.88 Å². The van der Waals surface area contributed by atoms with Crippen LogP contribution >= 0.6 is 0 Å². The van der Waals surface area contributed by atoms with E-state index in [1.807, 2.05) is 69.4 Å². The number of rotatable bonds is 8. The van der Waals surface area contributed by atoms with Gasteiger partial charge in [0.1, 0.15) is 0 Å². The lowest BCUT2D eigenvalue weighted by Gasteiger charge is -2.33. The van der Waals surface area contributed by atoms with Crippen molar-refractivity contribution in [3.05, 3.63) is 77.6 Å². The largest absolute Gasteiger partial charge is 0.493 e. The first kappa shape index (κ1) is 24.6. The monoisotopic (exact) mass is 474 g/mol. The number of methoxy groups -OCH3 is 1. The molecule has 1 saturated carbocycles. The van der Waals surface area contributed by atoms with Crippen LogP contribution in [-0.2, 0) is 12.0 Å². The maximum Gasteiger partial charge on any atom is 0.336 e. The van der Waals surface area contributed by atoms with E-state index in [4.69, 9.17) is 9.47 Å². The molecule has 184 valence electrons. The Morgan fingerprint density at radius 1 is 1.09 bits per heavy atom. The van der Waals surface area contributed by atoms with Crippen LogP contribution in [-0.4, -0.2) is 29.3 Å². The molecule has 1 N–H and O–H groups in total. The van der Waals surface area contributed by atoms with Crippen molar-refractivity contribution in [2.75, 3.05) is 12.0 Å². The van der Waals surface area contributed by atoms with Crippen molar-refractivity contribution >= 4 is 17.3 Å². The molecular formula is C29H34N2O4. The van der Waals surface area contributed by atoms with Crippen molar-refractivity contribution in [3.63, 3.8) is 0 Å². The van der Waals surface area contributed by atoms with Gasteiger partial charge in [0.15, 0.2) is 11.5 Å². The number of hydrogen-bond acceptors (Lipinski definition) is 5. The molecule has 1 heterocycles. The van der Waals surface area contributed by atoms with E-state index >= 15 is 0 Å². The lowest BCUT2D eigenvalue weighted by molar-refractivity contribution is 0.0694. The highest BCUT2D eigenvalue weighted by atomic mass is 16.5. The number of aromatic carboxylic acids is 1. The summed E-state index contributed by atoms with van der Waals surface area (Å²) in [5.41, 5.74) is 3.45. The minimum atomic E-state index is -0.932. The van der Waals surface area contributed by atoms with Crippen LogP contribution in [0.1, 0.15) is 67.9 Å². The van der Waals surface area contributed by atoms with Crippen LogP contribution in [0.5, 0.6) is 11.5 Å². The Kier molecular flexibility index (Phi) is 7.29. The predicted octanol–water partition coefficient (Wildman–Crippen LogP) is 6.75. The number of nitrogens with zero attached hydrogens (tertiary/aromatic N) is 2. The van der Waals surface area contributed by atoms with E-state index in [9.17, 15) is 9.90 Å². The molecule has 0 spiro atoms. The number of carbonyl (C=O) groups is 1. The zero-order valence-electron chi connectivity index (χ0n) is 21.0. The fourth-order valence-corrected chi connectivity index (χ4v) is 4.83. The third-order valence-electron chi connectivity index (χ3n) is 6.43. The van der Waals surface area contributed by atoms with Crippen LogP contribution in [0.15, 0.2) is 60.9 Å². The molecule has 0 unspecified atom stereocenters. The number of pyridine rings is 1. The zero-order chi connectivity index (χ0) is 25.0. The first-order chi connectivity index (χ1) is 16.8. The Hall–Kier alpha value is -3.54. The Labute approximate surface area is 207 Å². The fraction of sp³-hybridized carbons (Fsp3) is 0.379. The van der Waals surface area contributed by atoms with Crippen LogP contribution in [0.4, 0.5) is 11.4 Å². The number of hydrogen-bond donors (Lipinski definition) is 1. The van der Waals surface area contributed by atoms with Gasteiger partial charge in [-0.25, -0.2) is 4.79 Å². The fourth-order valence-electron chi connectivity index (χ4n) is 4.83. The molecule has 1 aliphatic rings. The van der Waals surface area contributed by atoms with Gasteiger partial charge in [0.25, 0.3) is 0 Å². The van der Waals surface area contributed by atoms with Gasteiger partial charge >= 0.3 is 5.97 Å². The molecule has 1 aliphatic carbocycles. The molecule has 1 fully saturated rings. The summed E-state index contributed by atoms with van der Waals surface area (Å²) in [6.07, 6.45) is 8.22.